The first-order valence-electron chi connectivity index (χ1n) is 18.7. The summed E-state index contributed by atoms with van der Waals surface area (Å²) in [5, 5.41) is 15.0. The van der Waals surface area contributed by atoms with Gasteiger partial charge < -0.3 is 19.3 Å². The molecule has 284 valence electrons. The Kier molecular flexibility index (Phi) is 14.9. The number of rotatable bonds is 8. The van der Waals surface area contributed by atoms with Gasteiger partial charge in [-0.2, -0.15) is 5.06 Å². The molecule has 2 aliphatic heterocycles. The molecule has 2 aliphatic carbocycles. The first kappa shape index (κ1) is 43.3. The molecule has 0 aromatic heterocycles. The van der Waals surface area contributed by atoms with Crippen LogP contribution in [0, 0.1) is 47.4 Å². The Labute approximate surface area is 316 Å². The van der Waals surface area contributed by atoms with E-state index >= 15 is 0 Å². The van der Waals surface area contributed by atoms with E-state index in [1.807, 2.05) is 12.2 Å². The predicted octanol–water partition coefficient (Wildman–Crippen LogP) is 7.88. The van der Waals surface area contributed by atoms with Crippen LogP contribution in [-0.4, -0.2) is 62.5 Å². The zero-order valence-corrected chi connectivity index (χ0v) is 35.7. The lowest BCUT2D eigenvalue weighted by Gasteiger charge is -2.45. The third kappa shape index (κ3) is 12.5. The van der Waals surface area contributed by atoms with Gasteiger partial charge in [0.2, 0.25) is 5.91 Å². The van der Waals surface area contributed by atoms with Gasteiger partial charge in [-0.25, -0.2) is 0 Å². The minimum Gasteiger partial charge on any atom is -0.400 e. The van der Waals surface area contributed by atoms with Crippen molar-refractivity contribution in [2.24, 2.45) is 0 Å². The van der Waals surface area contributed by atoms with Crippen LogP contribution in [0.4, 0.5) is 0 Å². The van der Waals surface area contributed by atoms with Crippen LogP contribution in [-0.2, 0) is 23.3 Å². The number of aliphatic hydroxyl groups is 1. The number of hydrogen-bond donors (Lipinski definition) is 2. The van der Waals surface area contributed by atoms with E-state index in [2.05, 4.69) is 120 Å². The highest BCUT2D eigenvalue weighted by Gasteiger charge is 2.46. The number of amides is 2. The van der Waals surface area contributed by atoms with Crippen molar-refractivity contribution in [3.05, 3.63) is 23.5 Å². The van der Waals surface area contributed by atoms with Crippen molar-refractivity contribution in [2.75, 3.05) is 6.61 Å². The Balaban J connectivity index is 1.68. The Morgan fingerprint density at radius 1 is 0.942 bits per heavy atom. The normalized spacial score (nSPS) is 23.1. The zero-order valence-electron chi connectivity index (χ0n) is 33.7. The predicted molar refractivity (Wildman–Crippen MR) is 213 cm³/mol. The third-order valence-corrected chi connectivity index (χ3v) is 19.7. The van der Waals surface area contributed by atoms with E-state index in [-0.39, 0.29) is 34.9 Å². The highest BCUT2D eigenvalue weighted by Crippen LogP contribution is 2.44. The number of nitrogens with zero attached hydrogens (tertiary/aromatic N) is 1. The van der Waals surface area contributed by atoms with Gasteiger partial charge >= 0.3 is 0 Å². The van der Waals surface area contributed by atoms with Crippen LogP contribution in [0.1, 0.15) is 119 Å². The van der Waals surface area contributed by atoms with Gasteiger partial charge in [-0.05, 0) is 61.9 Å². The number of fused-ring (bicyclic) bond motifs is 8. The molecule has 0 fully saturated rings. The van der Waals surface area contributed by atoms with Crippen LogP contribution in [0.5, 0.6) is 0 Å². The summed E-state index contributed by atoms with van der Waals surface area (Å²) in [4.78, 5) is 31.0. The average molecular weight is 747 g/mol. The minimum atomic E-state index is -2.13. The van der Waals surface area contributed by atoms with Gasteiger partial charge in [0.05, 0.1) is 6.42 Å². The minimum absolute atomic E-state index is 0.0236. The van der Waals surface area contributed by atoms with Crippen molar-refractivity contribution in [3.8, 4) is 47.4 Å². The van der Waals surface area contributed by atoms with Gasteiger partial charge in [0, 0.05) is 56.8 Å². The van der Waals surface area contributed by atoms with Crippen LogP contribution < -0.4 is 5.32 Å². The molecule has 2 bridgehead atoms. The van der Waals surface area contributed by atoms with E-state index in [1.54, 1.807) is 0 Å². The number of aliphatic hydroxyl groups excluding tert-OH is 1. The second-order valence-electron chi connectivity index (χ2n) is 17.2. The summed E-state index contributed by atoms with van der Waals surface area (Å²) in [6, 6.07) is 0. The number of unbranched alkanes of at least 4 members (excludes halogenated alkanes) is 1. The molecule has 2 heterocycles. The van der Waals surface area contributed by atoms with Gasteiger partial charge in [-0.3, -0.25) is 14.4 Å². The summed E-state index contributed by atoms with van der Waals surface area (Å²) >= 11 is 0. The van der Waals surface area contributed by atoms with E-state index in [9.17, 15) is 14.7 Å². The topological polar surface area (TPSA) is 97.3 Å². The largest absolute Gasteiger partial charge is 0.400 e. The number of hydroxylamine groups is 2. The Morgan fingerprint density at radius 2 is 1.60 bits per heavy atom. The van der Waals surface area contributed by atoms with Gasteiger partial charge in [0.1, 0.15) is 23.9 Å². The number of carbonyl (C=O) groups excluding carboxylic acids is 2. The highest BCUT2D eigenvalue weighted by molar-refractivity contribution is 6.74. The number of carbonyl (C=O) groups is 2. The van der Waals surface area contributed by atoms with Crippen molar-refractivity contribution in [1.29, 1.82) is 0 Å². The molecule has 0 aromatic carbocycles. The summed E-state index contributed by atoms with van der Waals surface area (Å²) in [6.45, 7) is 23.8. The van der Waals surface area contributed by atoms with E-state index in [0.29, 0.717) is 64.2 Å². The van der Waals surface area contributed by atoms with Crippen LogP contribution in [0.2, 0.25) is 36.3 Å². The standard InChI is InChI=1S/C42H62N2O6Si2/c1-34(45)43-35-22-28-41(29-23-35,49-51(8,9)39(2,3)4)26-19-15-13-17-21-37(46)33-38(47)44-36-24-30-42(31-25-36,50-52(10,11)40(5,6)7)27-18-14-12-16-20-32-48-44/h22,24,37,46H,12-15,23,25,28-33H2,1-11H3,(H,43,45)/t37?,41?,42-/m1/s1. The fourth-order valence-corrected chi connectivity index (χ4v) is 8.69. The SMILES string of the molecule is CC(=O)NC1=CCC(C#CCCC#CC(O)CC(=O)N2OCC#CCCC#C[C@@]3(O[Si](C)(C)C(C)(C)C)CC=C2CC3)(O[Si](C)(C)C(C)(C)C)CC1. The monoisotopic (exact) mass is 746 g/mol. The molecule has 0 aromatic rings. The summed E-state index contributed by atoms with van der Waals surface area (Å²) in [6.07, 6.45) is 8.61. The zero-order chi connectivity index (χ0) is 38.8. The second kappa shape index (κ2) is 17.8. The fraction of sp³-hybridized carbons (Fsp3) is 0.667. The summed E-state index contributed by atoms with van der Waals surface area (Å²) in [7, 11) is -4.26. The van der Waals surface area contributed by atoms with Crippen molar-refractivity contribution < 1.29 is 28.4 Å². The number of nitrogens with one attached hydrogen (secondary N) is 1. The molecule has 0 spiro atoms. The lowest BCUT2D eigenvalue weighted by molar-refractivity contribution is -0.173. The van der Waals surface area contributed by atoms with Gasteiger partial charge in [0.15, 0.2) is 16.6 Å². The van der Waals surface area contributed by atoms with Crippen molar-refractivity contribution in [3.63, 3.8) is 0 Å². The molecular formula is C42H62N2O6Si2. The quantitative estimate of drug-likeness (QED) is 0.149. The summed E-state index contributed by atoms with van der Waals surface area (Å²) < 4.78 is 13.8. The van der Waals surface area contributed by atoms with Crippen molar-refractivity contribution >= 4 is 28.4 Å². The van der Waals surface area contributed by atoms with Gasteiger partial charge in [0.25, 0.3) is 5.91 Å². The maximum absolute atomic E-state index is 13.5. The van der Waals surface area contributed by atoms with Gasteiger partial charge in [-0.15, -0.1) is 0 Å². The first-order valence-corrected chi connectivity index (χ1v) is 24.6. The van der Waals surface area contributed by atoms with Crippen molar-refractivity contribution in [1.82, 2.24) is 10.4 Å². The molecule has 52 heavy (non-hydrogen) atoms. The molecule has 2 unspecified atom stereocenters. The molecule has 0 saturated heterocycles. The molecule has 4 rings (SSSR count). The van der Waals surface area contributed by atoms with Crippen LogP contribution in [0.3, 0.4) is 0 Å². The Bertz CT molecular complexity index is 1640. The first-order chi connectivity index (χ1) is 24.1. The average Bonchev–Trinajstić information content (AvgIpc) is 3.04. The lowest BCUT2D eigenvalue weighted by atomic mass is 9.88. The molecular weight excluding hydrogens is 685 g/mol. The molecule has 8 nitrogen and oxygen atoms in total. The van der Waals surface area contributed by atoms with E-state index in [4.69, 9.17) is 13.7 Å². The van der Waals surface area contributed by atoms with E-state index in [0.717, 1.165) is 11.4 Å². The van der Waals surface area contributed by atoms with E-state index < -0.39 is 33.9 Å². The fourth-order valence-electron chi connectivity index (χ4n) is 5.65. The van der Waals surface area contributed by atoms with Gasteiger partial charge in [-0.1, -0.05) is 101 Å². The maximum Gasteiger partial charge on any atom is 0.254 e. The van der Waals surface area contributed by atoms with Crippen LogP contribution >= 0.6 is 0 Å². The summed E-state index contributed by atoms with van der Waals surface area (Å²) in [5.74, 6) is 24.9. The van der Waals surface area contributed by atoms with Crippen molar-refractivity contribution in [2.45, 2.75) is 173 Å². The Hall–Kier alpha value is -3.07. The third-order valence-electron chi connectivity index (χ3n) is 10.7. The van der Waals surface area contributed by atoms with Crippen LogP contribution in [0.25, 0.3) is 0 Å². The molecule has 10 heteroatoms. The molecule has 0 radical (unpaired) electrons. The molecule has 3 atom stereocenters. The Morgan fingerprint density at radius 3 is 2.19 bits per heavy atom. The highest BCUT2D eigenvalue weighted by atomic mass is 28.4. The summed E-state index contributed by atoms with van der Waals surface area (Å²) in [5.41, 5.74) is 0.411. The molecule has 0 saturated carbocycles. The van der Waals surface area contributed by atoms with E-state index in [1.165, 1.54) is 12.0 Å². The number of allylic oxidation sites excluding steroid dienone is 2. The maximum atomic E-state index is 13.5. The van der Waals surface area contributed by atoms with Crippen LogP contribution in [0.15, 0.2) is 23.5 Å². The molecule has 2 amide bonds. The molecule has 2 N–H and O–H groups in total. The number of hydrogen-bond acceptors (Lipinski definition) is 6. The molecule has 4 aliphatic rings. The smallest absolute Gasteiger partial charge is 0.254 e. The lowest BCUT2D eigenvalue weighted by Crippen LogP contribution is -2.50. The second-order valence-corrected chi connectivity index (χ2v) is 26.6.